The van der Waals surface area contributed by atoms with Crippen molar-refractivity contribution in [2.75, 3.05) is 0 Å². The first-order valence-corrected chi connectivity index (χ1v) is 16.2. The molecule has 3 nitrogen and oxygen atoms in total. The summed E-state index contributed by atoms with van der Waals surface area (Å²) in [5.41, 5.74) is 13.6. The number of allylic oxidation sites excluding steroid dienone is 4. The molecule has 0 radical (unpaired) electrons. The highest BCUT2D eigenvalue weighted by Crippen LogP contribution is 2.63. The maximum atomic E-state index is 6.30. The van der Waals surface area contributed by atoms with Gasteiger partial charge in [-0.2, -0.15) is 0 Å². The number of nitrogens with zero attached hydrogens (tertiary/aromatic N) is 2. The van der Waals surface area contributed by atoms with Crippen molar-refractivity contribution in [1.29, 1.82) is 0 Å². The van der Waals surface area contributed by atoms with Crippen LogP contribution in [0.3, 0.4) is 0 Å². The molecular weight excluding hydrogens is 560 g/mol. The van der Waals surface area contributed by atoms with E-state index >= 15 is 0 Å². The number of aromatic nitrogens is 2. The normalized spacial score (nSPS) is 19.6. The SMILES string of the molecule is CC1C=CC(c2cccc3c2-c2ccccc2C32c3ccccc3C(C)(C)c3ccccc32)=CC1c1nnc(-c2ccccc2)o1. The van der Waals surface area contributed by atoms with Crippen LogP contribution in [0.2, 0.25) is 0 Å². The van der Waals surface area contributed by atoms with E-state index in [1.165, 1.54) is 55.6 Å². The molecule has 2 atom stereocenters. The van der Waals surface area contributed by atoms with Crippen molar-refractivity contribution in [2.45, 2.75) is 37.5 Å². The van der Waals surface area contributed by atoms with E-state index in [9.17, 15) is 0 Å². The minimum absolute atomic E-state index is 0.0247. The van der Waals surface area contributed by atoms with Crippen LogP contribution in [0, 0.1) is 5.92 Å². The minimum Gasteiger partial charge on any atom is -0.420 e. The maximum Gasteiger partial charge on any atom is 0.247 e. The van der Waals surface area contributed by atoms with Crippen LogP contribution in [-0.4, -0.2) is 10.2 Å². The van der Waals surface area contributed by atoms with Crippen molar-refractivity contribution in [1.82, 2.24) is 10.2 Å². The first-order chi connectivity index (χ1) is 22.5. The van der Waals surface area contributed by atoms with Crippen LogP contribution < -0.4 is 0 Å². The highest BCUT2D eigenvalue weighted by molar-refractivity contribution is 5.96. The quantitative estimate of drug-likeness (QED) is 0.204. The number of benzene rings is 5. The Morgan fingerprint density at radius 1 is 0.587 bits per heavy atom. The van der Waals surface area contributed by atoms with Gasteiger partial charge in [-0.3, -0.25) is 0 Å². The van der Waals surface area contributed by atoms with Crippen LogP contribution in [0.15, 0.2) is 144 Å². The molecule has 3 heteroatoms. The molecule has 1 heterocycles. The fraction of sp³-hybridized carbons (Fsp3) is 0.163. The molecule has 2 unspecified atom stereocenters. The first kappa shape index (κ1) is 27.1. The lowest BCUT2D eigenvalue weighted by molar-refractivity contribution is 0.447. The monoisotopic (exact) mass is 594 g/mol. The van der Waals surface area contributed by atoms with Crippen molar-refractivity contribution in [2.24, 2.45) is 5.92 Å². The van der Waals surface area contributed by atoms with E-state index in [4.69, 9.17) is 4.42 Å². The largest absolute Gasteiger partial charge is 0.420 e. The van der Waals surface area contributed by atoms with Crippen molar-refractivity contribution in [3.8, 4) is 22.6 Å². The Labute approximate surface area is 270 Å². The Bertz CT molecular complexity index is 2170. The number of rotatable bonds is 3. The van der Waals surface area contributed by atoms with Gasteiger partial charge in [0, 0.05) is 11.0 Å². The number of hydrogen-bond acceptors (Lipinski definition) is 3. The lowest BCUT2D eigenvalue weighted by Crippen LogP contribution is -2.40. The first-order valence-electron chi connectivity index (χ1n) is 16.2. The van der Waals surface area contributed by atoms with Crippen molar-refractivity contribution in [3.63, 3.8) is 0 Å². The van der Waals surface area contributed by atoms with Gasteiger partial charge in [0.25, 0.3) is 0 Å². The molecular formula is C43H34N2O. The van der Waals surface area contributed by atoms with Gasteiger partial charge in [0.1, 0.15) is 0 Å². The van der Waals surface area contributed by atoms with Crippen LogP contribution >= 0.6 is 0 Å². The molecule has 5 aromatic carbocycles. The van der Waals surface area contributed by atoms with E-state index < -0.39 is 5.41 Å². The molecule has 222 valence electrons. The molecule has 1 aromatic heterocycles. The smallest absolute Gasteiger partial charge is 0.247 e. The van der Waals surface area contributed by atoms with Gasteiger partial charge < -0.3 is 4.42 Å². The van der Waals surface area contributed by atoms with Gasteiger partial charge in [-0.1, -0.05) is 148 Å². The summed E-state index contributed by atoms with van der Waals surface area (Å²) in [6.07, 6.45) is 6.91. The van der Waals surface area contributed by atoms with Crippen molar-refractivity contribution >= 4 is 5.57 Å². The predicted octanol–water partition coefficient (Wildman–Crippen LogP) is 10.1. The third kappa shape index (κ3) is 3.60. The summed E-state index contributed by atoms with van der Waals surface area (Å²) in [7, 11) is 0. The van der Waals surface area contributed by atoms with Crippen LogP contribution in [0.1, 0.15) is 71.5 Å². The molecule has 3 aliphatic carbocycles. The molecule has 9 rings (SSSR count). The van der Waals surface area contributed by atoms with Crippen LogP contribution in [0.25, 0.3) is 28.2 Å². The molecule has 46 heavy (non-hydrogen) atoms. The molecule has 6 aromatic rings. The second kappa shape index (κ2) is 9.86. The second-order valence-electron chi connectivity index (χ2n) is 13.4. The third-order valence-corrected chi connectivity index (χ3v) is 10.6. The van der Waals surface area contributed by atoms with Crippen molar-refractivity contribution < 1.29 is 4.42 Å². The average Bonchev–Trinajstić information content (AvgIpc) is 3.71. The Balaban J connectivity index is 1.27. The molecule has 0 N–H and O–H groups in total. The summed E-state index contributed by atoms with van der Waals surface area (Å²) in [6.45, 7) is 6.96. The molecule has 1 spiro atoms. The highest BCUT2D eigenvalue weighted by atomic mass is 16.4. The summed E-state index contributed by atoms with van der Waals surface area (Å²) in [5.74, 6) is 1.40. The topological polar surface area (TPSA) is 38.9 Å². The Kier molecular flexibility index (Phi) is 5.80. The Morgan fingerprint density at radius 2 is 1.17 bits per heavy atom. The van der Waals surface area contributed by atoms with E-state index in [1.54, 1.807) is 0 Å². The summed E-state index contributed by atoms with van der Waals surface area (Å²) in [4.78, 5) is 0. The van der Waals surface area contributed by atoms with E-state index in [0.29, 0.717) is 11.8 Å². The zero-order valence-corrected chi connectivity index (χ0v) is 26.2. The second-order valence-corrected chi connectivity index (χ2v) is 13.4. The summed E-state index contributed by atoms with van der Waals surface area (Å²) in [6, 6.07) is 44.2. The molecule has 0 saturated carbocycles. The minimum atomic E-state index is -0.409. The molecule has 0 aliphatic heterocycles. The number of hydrogen-bond donors (Lipinski definition) is 0. The van der Waals surface area contributed by atoms with Gasteiger partial charge in [0.15, 0.2) is 0 Å². The maximum absolute atomic E-state index is 6.30. The average molecular weight is 595 g/mol. The highest BCUT2D eigenvalue weighted by Gasteiger charge is 2.53. The molecule has 0 bridgehead atoms. The van der Waals surface area contributed by atoms with Crippen LogP contribution in [0.5, 0.6) is 0 Å². The molecule has 0 fully saturated rings. The zero-order chi connectivity index (χ0) is 31.0. The molecule has 0 amide bonds. The van der Waals surface area contributed by atoms with Gasteiger partial charge in [-0.05, 0) is 73.7 Å². The van der Waals surface area contributed by atoms with E-state index in [2.05, 4.69) is 140 Å². The fourth-order valence-electron chi connectivity index (χ4n) is 8.47. The van der Waals surface area contributed by atoms with Crippen LogP contribution in [0.4, 0.5) is 0 Å². The molecule has 0 saturated heterocycles. The van der Waals surface area contributed by atoms with Crippen LogP contribution in [-0.2, 0) is 10.8 Å². The zero-order valence-electron chi connectivity index (χ0n) is 26.2. The summed E-state index contributed by atoms with van der Waals surface area (Å²) >= 11 is 0. The van der Waals surface area contributed by atoms with E-state index in [1.807, 2.05) is 30.3 Å². The van der Waals surface area contributed by atoms with Gasteiger partial charge in [-0.25, -0.2) is 0 Å². The molecule has 3 aliphatic rings. The summed E-state index contributed by atoms with van der Waals surface area (Å²) < 4.78 is 6.30. The lowest BCUT2D eigenvalue weighted by atomic mass is 9.55. The van der Waals surface area contributed by atoms with E-state index in [-0.39, 0.29) is 17.3 Å². The van der Waals surface area contributed by atoms with Gasteiger partial charge >= 0.3 is 0 Å². The third-order valence-electron chi connectivity index (χ3n) is 10.6. The standard InChI is InChI=1S/C43H34N2O/c1-27-24-25-29(26-32(27)41-45-44-40(46-41)28-14-5-4-6-15-28)30-17-13-23-38-39(30)31-16-7-8-18-33(31)43(38)36-21-11-9-19-34(36)42(2,3)35-20-10-12-22-37(35)43/h4-27,32H,1-3H3. The summed E-state index contributed by atoms with van der Waals surface area (Å²) in [5, 5.41) is 8.96. The van der Waals surface area contributed by atoms with Gasteiger partial charge in [-0.15, -0.1) is 10.2 Å². The lowest BCUT2D eigenvalue weighted by Gasteiger charge is -2.46. The Morgan fingerprint density at radius 3 is 1.89 bits per heavy atom. The fourth-order valence-corrected chi connectivity index (χ4v) is 8.47. The van der Waals surface area contributed by atoms with Crippen molar-refractivity contribution in [3.05, 3.63) is 184 Å². The Hall–Kier alpha value is -5.28. The van der Waals surface area contributed by atoms with Gasteiger partial charge in [0.2, 0.25) is 11.8 Å². The number of fused-ring (bicyclic) bond motifs is 9. The van der Waals surface area contributed by atoms with E-state index in [0.717, 1.165) is 5.56 Å². The predicted molar refractivity (Wildman–Crippen MR) is 185 cm³/mol. The van der Waals surface area contributed by atoms with Gasteiger partial charge in [0.05, 0.1) is 11.3 Å².